The number of nitrogens with zero attached hydrogens (tertiary/aromatic N) is 6. The van der Waals surface area contributed by atoms with Crippen molar-refractivity contribution < 1.29 is 23.7 Å². The first-order chi connectivity index (χ1) is 17.9. The number of fused-ring (bicyclic) bond motifs is 1. The lowest BCUT2D eigenvalue weighted by Gasteiger charge is -2.35. The minimum atomic E-state index is -1.61. The summed E-state index contributed by atoms with van der Waals surface area (Å²) in [5.74, 6) is -0.704. The fourth-order valence-electron chi connectivity index (χ4n) is 4.42. The summed E-state index contributed by atoms with van der Waals surface area (Å²) in [5.41, 5.74) is -0.293. The number of benzene rings is 1. The molecule has 1 aromatic carbocycles. The van der Waals surface area contributed by atoms with Gasteiger partial charge in [-0.25, -0.2) is 18.7 Å². The van der Waals surface area contributed by atoms with Crippen molar-refractivity contribution in [3.05, 3.63) is 60.2 Å². The first kappa shape index (κ1) is 25.9. The van der Waals surface area contributed by atoms with E-state index in [1.807, 2.05) is 13.2 Å². The summed E-state index contributed by atoms with van der Waals surface area (Å²) in [4.78, 5) is 16.2. The maximum Gasteiger partial charge on any atom is 0.167 e. The number of hydrogen-bond acceptors (Lipinski definition) is 8. The molecule has 1 fully saturated rings. The molecule has 1 aliphatic rings. The van der Waals surface area contributed by atoms with Crippen LogP contribution in [0.4, 0.5) is 14.6 Å². The van der Waals surface area contributed by atoms with Gasteiger partial charge in [0.05, 0.1) is 29.2 Å². The van der Waals surface area contributed by atoms with E-state index >= 15 is 0 Å². The van der Waals surface area contributed by atoms with Crippen LogP contribution in [0.5, 0.6) is 5.75 Å². The average Bonchev–Trinajstić information content (AvgIpc) is 3.30. The molecule has 0 amide bonds. The minimum absolute atomic E-state index is 0.0327. The average molecular weight is 525 g/mol. The van der Waals surface area contributed by atoms with E-state index in [9.17, 15) is 19.0 Å². The first-order valence-corrected chi connectivity index (χ1v) is 12.4. The number of ether oxygens (including phenoxy) is 1. The minimum Gasteiger partial charge on any atom is -0.487 e. The van der Waals surface area contributed by atoms with Gasteiger partial charge in [0, 0.05) is 50.8 Å². The van der Waals surface area contributed by atoms with Crippen LogP contribution >= 0.6 is 0 Å². The van der Waals surface area contributed by atoms with Gasteiger partial charge in [-0.3, -0.25) is 9.67 Å². The van der Waals surface area contributed by atoms with Crippen LogP contribution in [0.25, 0.3) is 22.3 Å². The summed E-state index contributed by atoms with van der Waals surface area (Å²) in [6.45, 7) is 5.69. The molecule has 0 unspecified atom stereocenters. The van der Waals surface area contributed by atoms with E-state index in [2.05, 4.69) is 15.0 Å². The molecule has 200 valence electrons. The quantitative estimate of drug-likeness (QED) is 0.393. The Bertz CT molecular complexity index is 1480. The van der Waals surface area contributed by atoms with Crippen LogP contribution in [-0.4, -0.2) is 59.7 Å². The van der Waals surface area contributed by atoms with Crippen molar-refractivity contribution in [2.24, 2.45) is 7.05 Å². The van der Waals surface area contributed by atoms with Gasteiger partial charge in [-0.1, -0.05) is 0 Å². The molecule has 5 rings (SSSR count). The number of anilines is 1. The highest BCUT2D eigenvalue weighted by Crippen LogP contribution is 2.35. The van der Waals surface area contributed by atoms with Gasteiger partial charge in [0.15, 0.2) is 17.4 Å². The lowest BCUT2D eigenvalue weighted by Crippen LogP contribution is -2.45. The highest BCUT2D eigenvalue weighted by molar-refractivity contribution is 5.83. The Morgan fingerprint density at radius 1 is 1.00 bits per heavy atom. The molecule has 9 nitrogen and oxygen atoms in total. The fourth-order valence-corrected chi connectivity index (χ4v) is 4.42. The Morgan fingerprint density at radius 3 is 2.37 bits per heavy atom. The molecule has 3 aromatic heterocycles. The van der Waals surface area contributed by atoms with E-state index < -0.39 is 22.8 Å². The number of aromatic nitrogens is 5. The highest BCUT2D eigenvalue weighted by Gasteiger charge is 2.41. The monoisotopic (exact) mass is 524 g/mol. The van der Waals surface area contributed by atoms with Crippen LogP contribution < -0.4 is 9.64 Å². The van der Waals surface area contributed by atoms with Crippen molar-refractivity contribution in [3.8, 4) is 17.0 Å². The number of hydrogen-bond donors (Lipinski definition) is 2. The Morgan fingerprint density at radius 2 is 1.74 bits per heavy atom. The molecule has 38 heavy (non-hydrogen) atoms. The van der Waals surface area contributed by atoms with Crippen molar-refractivity contribution in [2.75, 3.05) is 18.0 Å². The number of halogens is 2. The van der Waals surface area contributed by atoms with Crippen LogP contribution in [0.3, 0.4) is 0 Å². The van der Waals surface area contributed by atoms with Crippen LogP contribution in [0.1, 0.15) is 39.3 Å². The molecule has 0 bridgehead atoms. The predicted molar refractivity (Wildman–Crippen MR) is 138 cm³/mol. The van der Waals surface area contributed by atoms with Crippen molar-refractivity contribution in [1.82, 2.24) is 24.7 Å². The Kier molecular flexibility index (Phi) is 6.52. The third-order valence-corrected chi connectivity index (χ3v) is 7.13. The normalized spacial score (nSPS) is 16.6. The van der Waals surface area contributed by atoms with E-state index in [0.29, 0.717) is 48.5 Å². The van der Waals surface area contributed by atoms with Crippen LogP contribution in [0, 0.1) is 11.6 Å². The number of piperidine rings is 1. The van der Waals surface area contributed by atoms with Gasteiger partial charge in [-0.15, -0.1) is 0 Å². The zero-order chi connectivity index (χ0) is 27.2. The Hall–Kier alpha value is -3.70. The summed E-state index contributed by atoms with van der Waals surface area (Å²) in [7, 11) is 1.82. The molecule has 11 heteroatoms. The Balaban J connectivity index is 1.47. The number of aryl methyl sites for hydroxylation is 1. The topological polar surface area (TPSA) is 109 Å². The van der Waals surface area contributed by atoms with E-state index in [0.717, 1.165) is 11.6 Å². The standard InChI is InChI=1S/C27H30F2N6O3/c1-26(2,36)27(3,37)23-12-20-21(14-30-23)32-24(16-13-31-34(4)15-16)25(33-20)35-9-7-18(8-10-35)38-22-6-5-17(28)11-19(22)29/h5-6,11-15,18,36-37H,7-10H2,1-4H3/t27-/m1/s1. The van der Waals surface area contributed by atoms with Crippen LogP contribution in [0.2, 0.25) is 0 Å². The zero-order valence-corrected chi connectivity index (χ0v) is 21.7. The smallest absolute Gasteiger partial charge is 0.167 e. The third-order valence-electron chi connectivity index (χ3n) is 7.13. The van der Waals surface area contributed by atoms with Gasteiger partial charge in [0.2, 0.25) is 0 Å². The third kappa shape index (κ3) is 4.91. The van der Waals surface area contributed by atoms with Gasteiger partial charge >= 0.3 is 0 Å². The van der Waals surface area contributed by atoms with Gasteiger partial charge in [0.25, 0.3) is 0 Å². The number of pyridine rings is 1. The molecular weight excluding hydrogens is 494 g/mol. The zero-order valence-electron chi connectivity index (χ0n) is 21.7. The van der Waals surface area contributed by atoms with Gasteiger partial charge in [-0.05, 0) is 39.0 Å². The summed E-state index contributed by atoms with van der Waals surface area (Å²) in [5, 5.41) is 25.7. The molecule has 2 N–H and O–H groups in total. The summed E-state index contributed by atoms with van der Waals surface area (Å²) in [6, 6.07) is 4.94. The summed E-state index contributed by atoms with van der Waals surface area (Å²) >= 11 is 0. The van der Waals surface area contributed by atoms with Crippen molar-refractivity contribution in [2.45, 2.75) is 50.9 Å². The molecule has 0 radical (unpaired) electrons. The second kappa shape index (κ2) is 9.55. The molecular formula is C27H30F2N6O3. The number of rotatable bonds is 6. The van der Waals surface area contributed by atoms with E-state index in [4.69, 9.17) is 14.7 Å². The molecule has 0 spiro atoms. The maximum absolute atomic E-state index is 14.1. The van der Waals surface area contributed by atoms with Crippen molar-refractivity contribution in [1.29, 1.82) is 0 Å². The fraction of sp³-hybridized carbons (Fsp3) is 0.407. The SMILES string of the molecule is Cn1cc(-c2nc3cnc([C@@](C)(O)C(C)(C)O)cc3nc2N2CCC(Oc3ccc(F)cc3F)CC2)cn1. The summed E-state index contributed by atoms with van der Waals surface area (Å²) in [6.07, 6.45) is 6.06. The Labute approximate surface area is 218 Å². The van der Waals surface area contributed by atoms with Crippen molar-refractivity contribution in [3.63, 3.8) is 0 Å². The highest BCUT2D eigenvalue weighted by atomic mass is 19.1. The molecule has 1 aliphatic heterocycles. The van der Waals surface area contributed by atoms with Gasteiger partial charge in [0.1, 0.15) is 28.7 Å². The molecule has 4 heterocycles. The van der Waals surface area contributed by atoms with E-state index in [1.54, 1.807) is 23.1 Å². The van der Waals surface area contributed by atoms with Crippen LogP contribution in [-0.2, 0) is 12.6 Å². The summed E-state index contributed by atoms with van der Waals surface area (Å²) < 4.78 is 34.8. The molecule has 4 aromatic rings. The predicted octanol–water partition coefficient (Wildman–Crippen LogP) is 3.73. The first-order valence-electron chi connectivity index (χ1n) is 12.4. The second-order valence-electron chi connectivity index (χ2n) is 10.4. The molecule has 0 saturated carbocycles. The lowest BCUT2D eigenvalue weighted by atomic mass is 9.84. The number of aliphatic hydroxyl groups is 2. The lowest BCUT2D eigenvalue weighted by molar-refractivity contribution is -0.127. The maximum atomic E-state index is 14.1. The van der Waals surface area contributed by atoms with Gasteiger partial charge in [-0.2, -0.15) is 5.10 Å². The van der Waals surface area contributed by atoms with Crippen LogP contribution in [0.15, 0.2) is 42.9 Å². The van der Waals surface area contributed by atoms with Gasteiger partial charge < -0.3 is 19.8 Å². The molecule has 0 aliphatic carbocycles. The van der Waals surface area contributed by atoms with E-state index in [1.165, 1.54) is 32.9 Å². The molecule has 1 atom stereocenters. The largest absolute Gasteiger partial charge is 0.487 e. The van der Waals surface area contributed by atoms with Crippen molar-refractivity contribution >= 4 is 16.9 Å². The molecule has 1 saturated heterocycles. The van der Waals surface area contributed by atoms with E-state index in [-0.39, 0.29) is 17.5 Å². The second-order valence-corrected chi connectivity index (χ2v) is 10.4.